The highest BCUT2D eigenvalue weighted by Gasteiger charge is 2.20. The molecule has 0 aliphatic heterocycles. The molecule has 1 amide bonds. The highest BCUT2D eigenvalue weighted by Crippen LogP contribution is 2.41. The van der Waals surface area contributed by atoms with Crippen molar-refractivity contribution in [3.63, 3.8) is 0 Å². The van der Waals surface area contributed by atoms with Crippen molar-refractivity contribution in [3.05, 3.63) is 59.4 Å². The third-order valence-corrected chi connectivity index (χ3v) is 5.67. The molecule has 0 spiro atoms. The summed E-state index contributed by atoms with van der Waals surface area (Å²) in [6.45, 7) is 0.384. The normalized spacial score (nSPS) is 10.7. The maximum absolute atomic E-state index is 12.8. The van der Waals surface area contributed by atoms with E-state index in [0.717, 1.165) is 5.69 Å². The number of aryl methyl sites for hydroxylation is 1. The summed E-state index contributed by atoms with van der Waals surface area (Å²) in [6.07, 6.45) is 1.06. The number of nitriles is 1. The van der Waals surface area contributed by atoms with Crippen LogP contribution in [0.3, 0.4) is 0 Å². The fourth-order valence-corrected chi connectivity index (χ4v) is 3.95. The minimum Gasteiger partial charge on any atom is -0.496 e. The van der Waals surface area contributed by atoms with E-state index < -0.39 is 0 Å². The van der Waals surface area contributed by atoms with Crippen molar-refractivity contribution in [1.29, 1.82) is 5.26 Å². The molecule has 4 N–H and O–H groups in total. The molecule has 0 radical (unpaired) electrons. The highest BCUT2D eigenvalue weighted by molar-refractivity contribution is 6.02. The number of aromatic nitrogens is 3. The Kier molecular flexibility index (Phi) is 6.78. The van der Waals surface area contributed by atoms with Crippen LogP contribution in [0.1, 0.15) is 28.2 Å². The molecule has 180 valence electrons. The quantitative estimate of drug-likeness (QED) is 0.316. The second-order valence-corrected chi connectivity index (χ2v) is 7.71. The van der Waals surface area contributed by atoms with Crippen molar-refractivity contribution in [2.75, 3.05) is 33.6 Å². The van der Waals surface area contributed by atoms with E-state index in [4.69, 9.17) is 19.9 Å². The fourth-order valence-electron chi connectivity index (χ4n) is 3.95. The van der Waals surface area contributed by atoms with Crippen molar-refractivity contribution >= 4 is 22.6 Å². The molecular weight excluding hydrogens is 448 g/mol. The first-order chi connectivity index (χ1) is 17.0. The van der Waals surface area contributed by atoms with Crippen LogP contribution in [0.4, 0.5) is 5.82 Å². The number of carbonyl (C=O) groups excluding carboxylic acids is 1. The predicted octanol–water partition coefficient (Wildman–Crippen LogP) is 3.20. The van der Waals surface area contributed by atoms with E-state index in [0.29, 0.717) is 70.3 Å². The monoisotopic (exact) mass is 474 g/mol. The van der Waals surface area contributed by atoms with Crippen LogP contribution in [0, 0.1) is 11.3 Å². The number of ether oxygens (including phenoxy) is 3. The lowest BCUT2D eigenvalue weighted by atomic mass is 10.1. The number of carbonyl (C=O) groups is 1. The number of benzene rings is 2. The Hall–Kier alpha value is -4.65. The van der Waals surface area contributed by atoms with Gasteiger partial charge in [0.05, 0.1) is 38.2 Å². The molecule has 10 nitrogen and oxygen atoms in total. The largest absolute Gasteiger partial charge is 0.496 e. The molecule has 2 aromatic heterocycles. The summed E-state index contributed by atoms with van der Waals surface area (Å²) in [7, 11) is 4.62. The third-order valence-electron chi connectivity index (χ3n) is 5.67. The Morgan fingerprint density at radius 1 is 1.14 bits per heavy atom. The van der Waals surface area contributed by atoms with Gasteiger partial charge >= 0.3 is 0 Å². The molecule has 10 heteroatoms. The van der Waals surface area contributed by atoms with E-state index in [2.05, 4.69) is 21.5 Å². The summed E-state index contributed by atoms with van der Waals surface area (Å²) in [5, 5.41) is 17.7. The molecule has 0 saturated carbocycles. The summed E-state index contributed by atoms with van der Waals surface area (Å²) in [4.78, 5) is 15.9. The molecule has 2 heterocycles. The van der Waals surface area contributed by atoms with Gasteiger partial charge in [-0.2, -0.15) is 10.4 Å². The van der Waals surface area contributed by atoms with Crippen LogP contribution in [-0.4, -0.2) is 48.5 Å². The lowest BCUT2D eigenvalue weighted by Crippen LogP contribution is -2.25. The van der Waals surface area contributed by atoms with Crippen LogP contribution in [0.2, 0.25) is 0 Å². The molecule has 0 saturated heterocycles. The molecule has 4 rings (SSSR count). The van der Waals surface area contributed by atoms with Crippen molar-refractivity contribution in [2.45, 2.75) is 12.8 Å². The fraction of sp³-hybridized carbons (Fsp3) is 0.240. The number of nitrogens with one attached hydrogen (secondary N) is 2. The first-order valence-electron chi connectivity index (χ1n) is 10.9. The van der Waals surface area contributed by atoms with E-state index in [-0.39, 0.29) is 5.91 Å². The standard InChI is InChI=1S/C25H26N6O4/c1-33-20-13-21(34-2)23(35-3)22-16(20)12-19(29-22)25(32)28-11-7-10-18-17(14-26)24(27)31(30-18)15-8-5-4-6-9-15/h4-6,8-9,12-13,29H,7,10-11,27H2,1-3H3,(H,28,32). The highest BCUT2D eigenvalue weighted by atomic mass is 16.5. The minimum atomic E-state index is -0.279. The van der Waals surface area contributed by atoms with Crippen LogP contribution in [0.25, 0.3) is 16.6 Å². The lowest BCUT2D eigenvalue weighted by Gasteiger charge is -2.11. The molecule has 0 aliphatic carbocycles. The number of amides is 1. The Morgan fingerprint density at radius 3 is 2.54 bits per heavy atom. The van der Waals surface area contributed by atoms with Crippen molar-refractivity contribution in [1.82, 2.24) is 20.1 Å². The number of para-hydroxylation sites is 1. The van der Waals surface area contributed by atoms with Gasteiger partial charge in [0, 0.05) is 18.0 Å². The topological polar surface area (TPSA) is 140 Å². The zero-order valence-corrected chi connectivity index (χ0v) is 19.7. The van der Waals surface area contributed by atoms with Gasteiger partial charge in [-0.05, 0) is 31.0 Å². The molecule has 0 aliphatic rings. The van der Waals surface area contributed by atoms with Crippen molar-refractivity contribution < 1.29 is 19.0 Å². The predicted molar refractivity (Wildman–Crippen MR) is 131 cm³/mol. The molecular formula is C25H26N6O4. The Morgan fingerprint density at radius 2 is 1.89 bits per heavy atom. The van der Waals surface area contributed by atoms with Gasteiger partial charge in [0.25, 0.3) is 5.91 Å². The van der Waals surface area contributed by atoms with Crippen molar-refractivity contribution in [2.24, 2.45) is 0 Å². The Balaban J connectivity index is 1.45. The maximum Gasteiger partial charge on any atom is 0.267 e. The maximum atomic E-state index is 12.8. The van der Waals surface area contributed by atoms with E-state index >= 15 is 0 Å². The van der Waals surface area contributed by atoms with Gasteiger partial charge in [-0.3, -0.25) is 4.79 Å². The van der Waals surface area contributed by atoms with Crippen LogP contribution < -0.4 is 25.3 Å². The molecule has 4 aromatic rings. The average Bonchev–Trinajstić information content (AvgIpc) is 3.47. The van der Waals surface area contributed by atoms with Crippen LogP contribution in [0.5, 0.6) is 17.2 Å². The number of nitrogens with zero attached hydrogens (tertiary/aromatic N) is 3. The van der Waals surface area contributed by atoms with E-state index in [1.807, 2.05) is 30.3 Å². The number of rotatable bonds is 9. The number of anilines is 1. The number of nitrogen functional groups attached to an aromatic ring is 1. The van der Waals surface area contributed by atoms with Gasteiger partial charge in [0.1, 0.15) is 28.9 Å². The summed E-state index contributed by atoms with van der Waals surface area (Å²) in [5.74, 6) is 1.56. The lowest BCUT2D eigenvalue weighted by molar-refractivity contribution is 0.0949. The molecule has 0 bridgehead atoms. The first kappa shape index (κ1) is 23.5. The number of methoxy groups -OCH3 is 3. The Labute approximate surface area is 202 Å². The van der Waals surface area contributed by atoms with E-state index in [1.54, 1.807) is 23.9 Å². The molecule has 0 fully saturated rings. The van der Waals surface area contributed by atoms with E-state index in [1.165, 1.54) is 14.2 Å². The number of fused-ring (bicyclic) bond motifs is 1. The summed E-state index contributed by atoms with van der Waals surface area (Å²) >= 11 is 0. The number of hydrogen-bond acceptors (Lipinski definition) is 7. The van der Waals surface area contributed by atoms with Gasteiger partial charge in [-0.1, -0.05) is 18.2 Å². The zero-order valence-electron chi connectivity index (χ0n) is 19.7. The van der Waals surface area contributed by atoms with Gasteiger partial charge in [-0.15, -0.1) is 0 Å². The smallest absolute Gasteiger partial charge is 0.267 e. The first-order valence-corrected chi connectivity index (χ1v) is 10.9. The molecule has 0 atom stereocenters. The number of hydrogen-bond donors (Lipinski definition) is 3. The number of nitrogens with two attached hydrogens (primary N) is 1. The summed E-state index contributed by atoms with van der Waals surface area (Å²) in [6, 6.07) is 15.0. The second-order valence-electron chi connectivity index (χ2n) is 7.71. The molecule has 2 aromatic carbocycles. The van der Waals surface area contributed by atoms with Crippen LogP contribution >= 0.6 is 0 Å². The van der Waals surface area contributed by atoms with Crippen LogP contribution in [0.15, 0.2) is 42.5 Å². The van der Waals surface area contributed by atoms with Crippen molar-refractivity contribution in [3.8, 4) is 29.0 Å². The van der Waals surface area contributed by atoms with E-state index in [9.17, 15) is 10.1 Å². The molecule has 35 heavy (non-hydrogen) atoms. The summed E-state index contributed by atoms with van der Waals surface area (Å²) < 4.78 is 17.8. The molecule has 0 unspecified atom stereocenters. The number of aromatic amines is 1. The SMILES string of the molecule is COc1cc(OC)c2cc(C(=O)NCCCc3nn(-c4ccccc4)c(N)c3C#N)[nH]c2c1OC. The average molecular weight is 475 g/mol. The van der Waals surface area contributed by atoms with Gasteiger partial charge in [0.2, 0.25) is 0 Å². The zero-order chi connectivity index (χ0) is 24.9. The van der Waals surface area contributed by atoms with Gasteiger partial charge in [-0.25, -0.2) is 4.68 Å². The summed E-state index contributed by atoms with van der Waals surface area (Å²) in [5.41, 5.74) is 8.85. The third kappa shape index (κ3) is 4.44. The van der Waals surface area contributed by atoms with Gasteiger partial charge in [0.15, 0.2) is 11.5 Å². The second kappa shape index (κ2) is 10.1. The minimum absolute atomic E-state index is 0.279. The Bertz CT molecular complexity index is 1400. The number of H-pyrrole nitrogens is 1. The van der Waals surface area contributed by atoms with Crippen LogP contribution in [-0.2, 0) is 6.42 Å². The van der Waals surface area contributed by atoms with Gasteiger partial charge < -0.3 is 30.2 Å².